The Hall–Kier alpha value is -0.0800. The van der Waals surface area contributed by atoms with E-state index in [9.17, 15) is 0 Å². The van der Waals surface area contributed by atoms with Gasteiger partial charge < -0.3 is 5.32 Å². The van der Waals surface area contributed by atoms with Crippen molar-refractivity contribution in [3.8, 4) is 0 Å². The summed E-state index contributed by atoms with van der Waals surface area (Å²) in [6.45, 7) is 15.3. The molecule has 1 unspecified atom stereocenters. The fourth-order valence-corrected chi connectivity index (χ4v) is 3.22. The molecule has 120 valence electrons. The minimum Gasteiger partial charge on any atom is -0.309 e. The summed E-state index contributed by atoms with van der Waals surface area (Å²) in [5, 5.41) is 3.71. The molecule has 0 saturated carbocycles. The second-order valence-electron chi connectivity index (χ2n) is 7.63. The molecule has 0 bridgehead atoms. The smallest absolute Gasteiger partial charge is 0.0304 e. The fourth-order valence-electron chi connectivity index (χ4n) is 3.22. The summed E-state index contributed by atoms with van der Waals surface area (Å²) in [7, 11) is 0. The zero-order valence-electron chi connectivity index (χ0n) is 14.7. The van der Waals surface area contributed by atoms with Gasteiger partial charge in [0.25, 0.3) is 0 Å². The molecule has 1 aliphatic rings. The van der Waals surface area contributed by atoms with Crippen molar-refractivity contribution in [2.75, 3.05) is 19.6 Å². The van der Waals surface area contributed by atoms with Crippen molar-refractivity contribution in [2.45, 2.75) is 97.1 Å². The summed E-state index contributed by atoms with van der Waals surface area (Å²) in [5.41, 5.74) is 0.632. The summed E-state index contributed by atoms with van der Waals surface area (Å²) in [6.07, 6.45) is 11.1. The highest BCUT2D eigenvalue weighted by molar-refractivity contribution is 4.99. The van der Waals surface area contributed by atoms with Crippen molar-refractivity contribution >= 4 is 0 Å². The van der Waals surface area contributed by atoms with Crippen LogP contribution in [0, 0.1) is 0 Å². The lowest BCUT2D eigenvalue weighted by atomic mass is 9.87. The third-order valence-electron chi connectivity index (χ3n) is 5.09. The van der Waals surface area contributed by atoms with Gasteiger partial charge >= 0.3 is 0 Å². The highest BCUT2D eigenvalue weighted by Gasteiger charge is 2.38. The topological polar surface area (TPSA) is 15.3 Å². The average Bonchev–Trinajstić information content (AvgIpc) is 2.41. The zero-order chi connectivity index (χ0) is 15.1. The molecule has 0 amide bonds. The molecular weight excluding hydrogens is 244 g/mol. The summed E-state index contributed by atoms with van der Waals surface area (Å²) in [5.74, 6) is 0. The molecule has 2 nitrogen and oxygen atoms in total. The predicted octanol–water partition coefficient (Wildman–Crippen LogP) is 4.59. The molecule has 1 saturated heterocycles. The van der Waals surface area contributed by atoms with Gasteiger partial charge in [0.05, 0.1) is 0 Å². The van der Waals surface area contributed by atoms with Gasteiger partial charge in [-0.3, -0.25) is 4.90 Å². The maximum Gasteiger partial charge on any atom is 0.0304 e. The molecule has 1 fully saturated rings. The van der Waals surface area contributed by atoms with Crippen LogP contribution < -0.4 is 5.32 Å². The molecule has 0 spiro atoms. The quantitative estimate of drug-likeness (QED) is 0.622. The number of hydrogen-bond acceptors (Lipinski definition) is 2. The van der Waals surface area contributed by atoms with Crippen molar-refractivity contribution in [1.29, 1.82) is 0 Å². The Morgan fingerprint density at radius 3 is 2.10 bits per heavy atom. The van der Waals surface area contributed by atoms with Crippen molar-refractivity contribution in [3.05, 3.63) is 0 Å². The lowest BCUT2D eigenvalue weighted by Crippen LogP contribution is -2.67. The van der Waals surface area contributed by atoms with Crippen LogP contribution in [0.4, 0.5) is 0 Å². The summed E-state index contributed by atoms with van der Waals surface area (Å²) < 4.78 is 0. The summed E-state index contributed by atoms with van der Waals surface area (Å²) in [6, 6.07) is 0. The largest absolute Gasteiger partial charge is 0.309 e. The predicted molar refractivity (Wildman–Crippen MR) is 90.3 cm³/mol. The van der Waals surface area contributed by atoms with Crippen molar-refractivity contribution < 1.29 is 0 Å². The van der Waals surface area contributed by atoms with Gasteiger partial charge in [-0.05, 0) is 40.2 Å². The molecular formula is C18H38N2. The molecule has 1 atom stereocenters. The van der Waals surface area contributed by atoms with E-state index in [0.29, 0.717) is 5.54 Å². The van der Waals surface area contributed by atoms with Crippen LogP contribution in [-0.2, 0) is 0 Å². The fraction of sp³-hybridized carbons (Fsp3) is 1.00. The van der Waals surface area contributed by atoms with Crippen LogP contribution in [0.5, 0.6) is 0 Å². The van der Waals surface area contributed by atoms with E-state index in [2.05, 4.69) is 44.8 Å². The highest BCUT2D eigenvalue weighted by atomic mass is 15.3. The summed E-state index contributed by atoms with van der Waals surface area (Å²) in [4.78, 5) is 2.75. The van der Waals surface area contributed by atoms with Gasteiger partial charge in [0.2, 0.25) is 0 Å². The Morgan fingerprint density at radius 2 is 1.50 bits per heavy atom. The van der Waals surface area contributed by atoms with Gasteiger partial charge in [0.1, 0.15) is 0 Å². The number of unbranched alkanes of at least 4 members (excludes halogenated alkanes) is 6. The standard InChI is InChI=1S/C18H38N2/c1-6-8-9-10-11-12-13-14-20-16-17(3,4)19-15-18(20,5)7-2/h19H,6-16H2,1-5H3. The van der Waals surface area contributed by atoms with Gasteiger partial charge in [-0.15, -0.1) is 0 Å². The number of rotatable bonds is 9. The van der Waals surface area contributed by atoms with Gasteiger partial charge in [-0.25, -0.2) is 0 Å². The molecule has 1 N–H and O–H groups in total. The molecule has 0 aliphatic carbocycles. The Bertz CT molecular complexity index is 262. The number of nitrogens with one attached hydrogen (secondary N) is 1. The molecule has 0 aromatic rings. The van der Waals surface area contributed by atoms with Crippen molar-refractivity contribution in [3.63, 3.8) is 0 Å². The first kappa shape index (κ1) is 18.0. The second kappa shape index (κ2) is 8.38. The molecule has 1 rings (SSSR count). The van der Waals surface area contributed by atoms with Gasteiger partial charge in [0, 0.05) is 24.2 Å². The van der Waals surface area contributed by atoms with Crippen LogP contribution in [-0.4, -0.2) is 35.6 Å². The Morgan fingerprint density at radius 1 is 0.900 bits per heavy atom. The first-order valence-electron chi connectivity index (χ1n) is 8.93. The monoisotopic (exact) mass is 282 g/mol. The first-order chi connectivity index (χ1) is 9.43. The number of nitrogens with zero attached hydrogens (tertiary/aromatic N) is 1. The van der Waals surface area contributed by atoms with Crippen LogP contribution in [0.2, 0.25) is 0 Å². The Balaban J connectivity index is 2.28. The van der Waals surface area contributed by atoms with Crippen LogP contribution >= 0.6 is 0 Å². The molecule has 0 radical (unpaired) electrons. The van der Waals surface area contributed by atoms with Crippen molar-refractivity contribution in [2.24, 2.45) is 0 Å². The van der Waals surface area contributed by atoms with E-state index in [1.165, 1.54) is 64.5 Å². The molecule has 1 heterocycles. The Labute approximate surface area is 127 Å². The number of piperazine rings is 1. The van der Waals surface area contributed by atoms with E-state index in [1.54, 1.807) is 0 Å². The van der Waals surface area contributed by atoms with E-state index in [4.69, 9.17) is 0 Å². The van der Waals surface area contributed by atoms with Gasteiger partial charge in [-0.1, -0.05) is 52.4 Å². The lowest BCUT2D eigenvalue weighted by Gasteiger charge is -2.51. The molecule has 2 heteroatoms. The Kier molecular flexibility index (Phi) is 7.53. The first-order valence-corrected chi connectivity index (χ1v) is 8.93. The van der Waals surface area contributed by atoms with Crippen molar-refractivity contribution in [1.82, 2.24) is 10.2 Å². The molecule has 0 aromatic heterocycles. The highest BCUT2D eigenvalue weighted by Crippen LogP contribution is 2.27. The molecule has 0 aromatic carbocycles. The van der Waals surface area contributed by atoms with E-state index in [-0.39, 0.29) is 5.54 Å². The third kappa shape index (κ3) is 5.73. The van der Waals surface area contributed by atoms with E-state index in [1.807, 2.05) is 0 Å². The van der Waals surface area contributed by atoms with E-state index >= 15 is 0 Å². The van der Waals surface area contributed by atoms with Crippen LogP contribution in [0.3, 0.4) is 0 Å². The van der Waals surface area contributed by atoms with Crippen LogP contribution in [0.25, 0.3) is 0 Å². The maximum absolute atomic E-state index is 3.71. The van der Waals surface area contributed by atoms with Gasteiger partial charge in [-0.2, -0.15) is 0 Å². The molecule has 1 aliphatic heterocycles. The van der Waals surface area contributed by atoms with Gasteiger partial charge in [0.15, 0.2) is 0 Å². The lowest BCUT2D eigenvalue weighted by molar-refractivity contribution is 0.0230. The van der Waals surface area contributed by atoms with E-state index < -0.39 is 0 Å². The third-order valence-corrected chi connectivity index (χ3v) is 5.09. The SMILES string of the molecule is CCCCCCCCCN1CC(C)(C)NCC1(C)CC. The molecule has 20 heavy (non-hydrogen) atoms. The summed E-state index contributed by atoms with van der Waals surface area (Å²) >= 11 is 0. The number of hydrogen-bond donors (Lipinski definition) is 1. The zero-order valence-corrected chi connectivity index (χ0v) is 14.7. The normalized spacial score (nSPS) is 26.9. The average molecular weight is 283 g/mol. The second-order valence-corrected chi connectivity index (χ2v) is 7.63. The minimum atomic E-state index is 0.274. The van der Waals surface area contributed by atoms with Crippen LogP contribution in [0.15, 0.2) is 0 Å². The van der Waals surface area contributed by atoms with E-state index in [0.717, 1.165) is 6.54 Å². The van der Waals surface area contributed by atoms with Crippen LogP contribution in [0.1, 0.15) is 86.0 Å². The maximum atomic E-state index is 3.71. The minimum absolute atomic E-state index is 0.274.